The molecule has 0 aliphatic heterocycles. The predicted octanol–water partition coefficient (Wildman–Crippen LogP) is 1.31. The van der Waals surface area contributed by atoms with Gasteiger partial charge in [0.2, 0.25) is 0 Å². The highest BCUT2D eigenvalue weighted by atomic mass is 31.2. The van der Waals surface area contributed by atoms with Crippen molar-refractivity contribution in [2.75, 3.05) is 6.61 Å². The molecule has 0 aromatic heterocycles. The van der Waals surface area contributed by atoms with E-state index in [1.165, 1.54) is 0 Å². The summed E-state index contributed by atoms with van der Waals surface area (Å²) in [6, 6.07) is 0. The Kier molecular flexibility index (Phi) is 4.61. The summed E-state index contributed by atoms with van der Waals surface area (Å²) in [5.74, 6) is 0.0973. The maximum atomic E-state index is 10.2. The average Bonchev–Trinajstić information content (AvgIpc) is 1.83. The van der Waals surface area contributed by atoms with Gasteiger partial charge in [-0.3, -0.25) is 4.52 Å². The summed E-state index contributed by atoms with van der Waals surface area (Å²) < 4.78 is 14.4. The molecule has 0 radical (unpaired) electrons. The van der Waals surface area contributed by atoms with E-state index in [-0.39, 0.29) is 12.5 Å². The minimum Gasteiger partial charge on any atom is -0.303 e. The topological polar surface area (TPSA) is 66.8 Å². The van der Waals surface area contributed by atoms with Crippen molar-refractivity contribution in [3.8, 4) is 0 Å². The maximum Gasteiger partial charge on any atom is 0.469 e. The standard InChI is InChI=1S/C6H13O4P/c1-3-4-6(2)5-10-11(7,8)9/h3,6H,1,4-5H2,2H3,(H2,7,8,9). The lowest BCUT2D eigenvalue weighted by Gasteiger charge is -2.09. The molecule has 1 atom stereocenters. The summed E-state index contributed by atoms with van der Waals surface area (Å²) in [6.45, 7) is 5.39. The minimum atomic E-state index is -4.28. The van der Waals surface area contributed by atoms with Crippen LogP contribution in [0.2, 0.25) is 0 Å². The Morgan fingerprint density at radius 1 is 1.73 bits per heavy atom. The van der Waals surface area contributed by atoms with Crippen molar-refractivity contribution in [1.82, 2.24) is 0 Å². The van der Waals surface area contributed by atoms with E-state index in [2.05, 4.69) is 11.1 Å². The third-order valence-electron chi connectivity index (χ3n) is 1.10. The molecule has 0 aromatic rings. The van der Waals surface area contributed by atoms with Gasteiger partial charge in [0.05, 0.1) is 6.61 Å². The van der Waals surface area contributed by atoms with Crippen LogP contribution in [-0.4, -0.2) is 16.4 Å². The molecular weight excluding hydrogens is 167 g/mol. The van der Waals surface area contributed by atoms with Crippen LogP contribution in [0.5, 0.6) is 0 Å². The van der Waals surface area contributed by atoms with E-state index in [4.69, 9.17) is 9.79 Å². The van der Waals surface area contributed by atoms with Crippen LogP contribution < -0.4 is 0 Å². The molecule has 5 heteroatoms. The van der Waals surface area contributed by atoms with Gasteiger partial charge in [-0.25, -0.2) is 4.57 Å². The van der Waals surface area contributed by atoms with Gasteiger partial charge < -0.3 is 9.79 Å². The first-order valence-corrected chi connectivity index (χ1v) is 4.79. The van der Waals surface area contributed by atoms with Gasteiger partial charge in [-0.1, -0.05) is 13.0 Å². The van der Waals surface area contributed by atoms with Crippen LogP contribution in [0.15, 0.2) is 12.7 Å². The van der Waals surface area contributed by atoms with Crippen molar-refractivity contribution in [3.05, 3.63) is 12.7 Å². The van der Waals surface area contributed by atoms with Gasteiger partial charge in [0.25, 0.3) is 0 Å². The molecule has 0 aromatic carbocycles. The van der Waals surface area contributed by atoms with Gasteiger partial charge in [0.15, 0.2) is 0 Å². The molecule has 2 N–H and O–H groups in total. The lowest BCUT2D eigenvalue weighted by molar-refractivity contribution is 0.173. The van der Waals surface area contributed by atoms with Crippen molar-refractivity contribution in [1.29, 1.82) is 0 Å². The van der Waals surface area contributed by atoms with Crippen LogP contribution in [-0.2, 0) is 9.09 Å². The van der Waals surface area contributed by atoms with Crippen LogP contribution in [0.25, 0.3) is 0 Å². The van der Waals surface area contributed by atoms with E-state index in [1.807, 2.05) is 6.92 Å². The van der Waals surface area contributed by atoms with E-state index < -0.39 is 7.82 Å². The third-order valence-corrected chi connectivity index (χ3v) is 1.58. The largest absolute Gasteiger partial charge is 0.469 e. The van der Waals surface area contributed by atoms with E-state index in [0.29, 0.717) is 6.42 Å². The van der Waals surface area contributed by atoms with Crippen molar-refractivity contribution in [2.45, 2.75) is 13.3 Å². The zero-order chi connectivity index (χ0) is 8.91. The highest BCUT2D eigenvalue weighted by Crippen LogP contribution is 2.36. The fourth-order valence-electron chi connectivity index (χ4n) is 0.577. The fourth-order valence-corrected chi connectivity index (χ4v) is 1.03. The van der Waals surface area contributed by atoms with Crippen molar-refractivity contribution < 1.29 is 18.9 Å². The van der Waals surface area contributed by atoms with Gasteiger partial charge in [-0.15, -0.1) is 6.58 Å². The van der Waals surface area contributed by atoms with Gasteiger partial charge in [0, 0.05) is 0 Å². The summed E-state index contributed by atoms with van der Waals surface area (Å²) >= 11 is 0. The molecule has 0 bridgehead atoms. The lowest BCUT2D eigenvalue weighted by atomic mass is 10.1. The Morgan fingerprint density at radius 3 is 2.64 bits per heavy atom. The molecular formula is C6H13O4P. The van der Waals surface area contributed by atoms with E-state index in [1.54, 1.807) is 6.08 Å². The quantitative estimate of drug-likeness (QED) is 0.494. The highest BCUT2D eigenvalue weighted by molar-refractivity contribution is 7.46. The number of allylic oxidation sites excluding steroid dienone is 1. The first kappa shape index (κ1) is 10.8. The zero-order valence-corrected chi connectivity index (χ0v) is 7.33. The van der Waals surface area contributed by atoms with Crippen molar-refractivity contribution in [3.63, 3.8) is 0 Å². The first-order chi connectivity index (χ1) is 4.95. The summed E-state index contributed by atoms with van der Waals surface area (Å²) in [5.41, 5.74) is 0. The van der Waals surface area contributed by atoms with Gasteiger partial charge in [-0.05, 0) is 12.3 Å². The van der Waals surface area contributed by atoms with Crippen LogP contribution >= 0.6 is 7.82 Å². The summed E-state index contributed by atoms with van der Waals surface area (Å²) in [6.07, 6.45) is 2.38. The van der Waals surface area contributed by atoms with Crippen LogP contribution in [0.4, 0.5) is 0 Å². The number of hydrogen-bond acceptors (Lipinski definition) is 2. The molecule has 1 unspecified atom stereocenters. The summed E-state index contributed by atoms with van der Waals surface area (Å²) in [5, 5.41) is 0. The second-order valence-electron chi connectivity index (χ2n) is 2.42. The molecule has 0 spiro atoms. The van der Waals surface area contributed by atoms with E-state index >= 15 is 0 Å². The Labute approximate surface area is 66.1 Å². The number of phosphoric acid groups is 1. The molecule has 4 nitrogen and oxygen atoms in total. The molecule has 0 heterocycles. The van der Waals surface area contributed by atoms with Gasteiger partial charge in [0.1, 0.15) is 0 Å². The van der Waals surface area contributed by atoms with Crippen molar-refractivity contribution >= 4 is 7.82 Å². The number of rotatable bonds is 5. The Bertz CT molecular complexity index is 162. The molecule has 0 amide bonds. The fraction of sp³-hybridized carbons (Fsp3) is 0.667. The first-order valence-electron chi connectivity index (χ1n) is 3.26. The maximum absolute atomic E-state index is 10.2. The molecule has 0 saturated carbocycles. The van der Waals surface area contributed by atoms with E-state index in [0.717, 1.165) is 0 Å². The molecule has 0 saturated heterocycles. The minimum absolute atomic E-state index is 0.0658. The van der Waals surface area contributed by atoms with Gasteiger partial charge >= 0.3 is 7.82 Å². The SMILES string of the molecule is C=CCC(C)COP(=O)(O)O. The molecule has 0 fully saturated rings. The Morgan fingerprint density at radius 2 is 2.27 bits per heavy atom. The van der Waals surface area contributed by atoms with Gasteiger partial charge in [-0.2, -0.15) is 0 Å². The van der Waals surface area contributed by atoms with Crippen molar-refractivity contribution in [2.24, 2.45) is 5.92 Å². The molecule has 0 rings (SSSR count). The molecule has 0 aliphatic rings. The highest BCUT2D eigenvalue weighted by Gasteiger charge is 2.14. The summed E-state index contributed by atoms with van der Waals surface area (Å²) in [7, 11) is -4.28. The molecule has 11 heavy (non-hydrogen) atoms. The zero-order valence-electron chi connectivity index (χ0n) is 6.43. The molecule has 0 aliphatic carbocycles. The second-order valence-corrected chi connectivity index (χ2v) is 3.66. The van der Waals surface area contributed by atoms with Crippen LogP contribution in [0.3, 0.4) is 0 Å². The smallest absolute Gasteiger partial charge is 0.303 e. The molecule has 66 valence electrons. The number of phosphoric ester groups is 1. The Hall–Kier alpha value is -0.150. The third kappa shape index (κ3) is 7.75. The number of hydrogen-bond donors (Lipinski definition) is 2. The second kappa shape index (κ2) is 4.67. The summed E-state index contributed by atoms with van der Waals surface area (Å²) in [4.78, 5) is 16.6. The predicted molar refractivity (Wildman–Crippen MR) is 42.0 cm³/mol. The van der Waals surface area contributed by atoms with Crippen LogP contribution in [0, 0.1) is 5.92 Å². The Balaban J connectivity index is 3.53. The monoisotopic (exact) mass is 180 g/mol. The normalized spacial score (nSPS) is 14.5. The van der Waals surface area contributed by atoms with E-state index in [9.17, 15) is 4.57 Å². The average molecular weight is 180 g/mol. The lowest BCUT2D eigenvalue weighted by Crippen LogP contribution is -2.02. The van der Waals surface area contributed by atoms with Crippen LogP contribution in [0.1, 0.15) is 13.3 Å².